The third kappa shape index (κ3) is 1.27. The Morgan fingerprint density at radius 3 is 3.00 bits per heavy atom. The molecule has 0 unspecified atom stereocenters. The molecule has 0 radical (unpaired) electrons. The van der Waals surface area contributed by atoms with Crippen LogP contribution in [0, 0.1) is 0 Å². The average molecular weight is 160 g/mol. The zero-order valence-corrected chi connectivity index (χ0v) is 7.63. The summed E-state index contributed by atoms with van der Waals surface area (Å²) >= 11 is 0. The van der Waals surface area contributed by atoms with E-state index in [1.165, 1.54) is 16.6 Å². The van der Waals surface area contributed by atoms with E-state index in [1.54, 1.807) is 0 Å². The van der Waals surface area contributed by atoms with Gasteiger partial charge in [0.1, 0.15) is 0 Å². The van der Waals surface area contributed by atoms with Crippen LogP contribution >= 0.6 is 0 Å². The maximum atomic E-state index is 5.35. The van der Waals surface area contributed by atoms with Gasteiger partial charge in [0.2, 0.25) is 0 Å². The summed E-state index contributed by atoms with van der Waals surface area (Å²) < 4.78 is 5.35. The van der Waals surface area contributed by atoms with E-state index in [9.17, 15) is 0 Å². The van der Waals surface area contributed by atoms with E-state index in [4.69, 9.17) is 4.65 Å². The number of fused-ring (bicyclic) bond motifs is 1. The minimum Gasteiger partial charge on any atom is -0.430 e. The topological polar surface area (TPSA) is 9.23 Å². The average Bonchev–Trinajstić information content (AvgIpc) is 2.49. The molecule has 0 saturated carbocycles. The molecule has 1 aliphatic rings. The number of benzene rings is 1. The number of hydrogen-bond donors (Lipinski definition) is 0. The van der Waals surface area contributed by atoms with Gasteiger partial charge in [-0.25, -0.2) is 0 Å². The first-order valence-corrected chi connectivity index (χ1v) is 4.47. The van der Waals surface area contributed by atoms with Crippen LogP contribution in [0.3, 0.4) is 0 Å². The smallest absolute Gasteiger partial charge is 0.309 e. The Morgan fingerprint density at radius 1 is 1.42 bits per heavy atom. The summed E-state index contributed by atoms with van der Waals surface area (Å²) in [6.07, 6.45) is 0. The Kier molecular flexibility index (Phi) is 1.93. The predicted octanol–water partition coefficient (Wildman–Crippen LogP) is 1.32. The van der Waals surface area contributed by atoms with Crippen LogP contribution in [-0.4, -0.2) is 7.48 Å². The Hall–Kier alpha value is -0.755. The summed E-state index contributed by atoms with van der Waals surface area (Å²) in [7, 11) is 0.799. The third-order valence-electron chi connectivity index (χ3n) is 2.41. The maximum Gasteiger partial charge on any atom is 0.309 e. The van der Waals surface area contributed by atoms with Crippen LogP contribution in [0.4, 0.5) is 0 Å². The van der Waals surface area contributed by atoms with Crippen LogP contribution in [0.25, 0.3) is 0 Å². The fourth-order valence-corrected chi connectivity index (χ4v) is 1.55. The summed E-state index contributed by atoms with van der Waals surface area (Å²) in [5.41, 5.74) is 4.15. The minimum atomic E-state index is 0.621. The zero-order chi connectivity index (χ0) is 8.55. The highest BCUT2D eigenvalue weighted by Gasteiger charge is 2.13. The van der Waals surface area contributed by atoms with E-state index in [1.807, 2.05) is 0 Å². The molecular weight excluding hydrogens is 147 g/mol. The number of hydrogen-bond acceptors (Lipinski definition) is 1. The van der Waals surface area contributed by atoms with E-state index in [0.29, 0.717) is 5.92 Å². The lowest BCUT2D eigenvalue weighted by atomic mass is 9.85. The normalized spacial score (nSPS) is 14.6. The fraction of sp³-hybridized carbons (Fsp3) is 0.400. The van der Waals surface area contributed by atoms with Crippen molar-refractivity contribution in [3.05, 3.63) is 29.3 Å². The molecule has 0 N–H and O–H groups in total. The van der Waals surface area contributed by atoms with Gasteiger partial charge < -0.3 is 4.65 Å². The van der Waals surface area contributed by atoms with Gasteiger partial charge >= 0.3 is 7.48 Å². The van der Waals surface area contributed by atoms with Gasteiger partial charge in [0.05, 0.1) is 6.61 Å². The summed E-state index contributed by atoms with van der Waals surface area (Å²) in [6.45, 7) is 5.24. The maximum absolute atomic E-state index is 5.35. The monoisotopic (exact) mass is 160 g/mol. The zero-order valence-electron chi connectivity index (χ0n) is 7.63. The lowest BCUT2D eigenvalue weighted by Gasteiger charge is -2.06. The molecule has 0 fully saturated rings. The molecule has 1 aliphatic heterocycles. The van der Waals surface area contributed by atoms with Gasteiger partial charge in [0.25, 0.3) is 0 Å². The Bertz CT molecular complexity index is 294. The largest absolute Gasteiger partial charge is 0.430 e. The molecule has 62 valence electrons. The van der Waals surface area contributed by atoms with E-state index >= 15 is 0 Å². The highest BCUT2D eigenvalue weighted by Crippen LogP contribution is 2.16. The molecule has 0 spiro atoms. The Morgan fingerprint density at radius 2 is 2.25 bits per heavy atom. The molecule has 0 amide bonds. The van der Waals surface area contributed by atoms with Crippen molar-refractivity contribution >= 4 is 12.9 Å². The van der Waals surface area contributed by atoms with E-state index in [-0.39, 0.29) is 0 Å². The first-order valence-electron chi connectivity index (χ1n) is 4.47. The highest BCUT2D eigenvalue weighted by molar-refractivity contribution is 6.48. The Balaban J connectivity index is 2.39. The second-order valence-corrected chi connectivity index (χ2v) is 3.68. The van der Waals surface area contributed by atoms with Gasteiger partial charge in [-0.15, -0.1) is 0 Å². The van der Waals surface area contributed by atoms with Crippen molar-refractivity contribution in [3.63, 3.8) is 0 Å². The lowest BCUT2D eigenvalue weighted by Crippen LogP contribution is -2.11. The van der Waals surface area contributed by atoms with Crippen molar-refractivity contribution in [2.75, 3.05) is 0 Å². The first kappa shape index (κ1) is 7.87. The predicted molar refractivity (Wildman–Crippen MR) is 52.1 cm³/mol. The quantitative estimate of drug-likeness (QED) is 0.563. The summed E-state index contributed by atoms with van der Waals surface area (Å²) in [6, 6.07) is 6.67. The molecule has 1 aromatic rings. The molecule has 0 saturated heterocycles. The van der Waals surface area contributed by atoms with Crippen LogP contribution in [0.15, 0.2) is 18.2 Å². The van der Waals surface area contributed by atoms with Crippen molar-refractivity contribution in [1.82, 2.24) is 0 Å². The van der Waals surface area contributed by atoms with Crippen LogP contribution in [0.5, 0.6) is 0 Å². The molecular formula is C10H13BO. The molecule has 0 bridgehead atoms. The fourth-order valence-electron chi connectivity index (χ4n) is 1.55. The summed E-state index contributed by atoms with van der Waals surface area (Å²) in [5.74, 6) is 0.621. The summed E-state index contributed by atoms with van der Waals surface area (Å²) in [4.78, 5) is 0. The van der Waals surface area contributed by atoms with Gasteiger partial charge in [-0.1, -0.05) is 32.0 Å². The van der Waals surface area contributed by atoms with Crippen molar-refractivity contribution < 1.29 is 4.65 Å². The van der Waals surface area contributed by atoms with Gasteiger partial charge in [0, 0.05) is 0 Å². The van der Waals surface area contributed by atoms with Gasteiger partial charge in [-0.2, -0.15) is 0 Å². The van der Waals surface area contributed by atoms with Crippen LogP contribution in [0.2, 0.25) is 0 Å². The molecule has 1 heterocycles. The Labute approximate surface area is 74.0 Å². The summed E-state index contributed by atoms with van der Waals surface area (Å²) in [5, 5.41) is 0. The molecule has 0 aromatic heterocycles. The standard InChI is InChI=1S/C10H13BO/c1-7(2)8-3-4-10-9(5-8)6-12-11-10/h3-5,7,11H,6H2,1-2H3. The third-order valence-corrected chi connectivity index (χ3v) is 2.41. The highest BCUT2D eigenvalue weighted by atomic mass is 16.4. The van der Waals surface area contributed by atoms with Crippen molar-refractivity contribution in [2.24, 2.45) is 0 Å². The molecule has 2 heteroatoms. The molecule has 1 nitrogen and oxygen atoms in total. The van der Waals surface area contributed by atoms with E-state index in [2.05, 4.69) is 32.0 Å². The van der Waals surface area contributed by atoms with Gasteiger partial charge in [-0.3, -0.25) is 0 Å². The van der Waals surface area contributed by atoms with Crippen molar-refractivity contribution in [2.45, 2.75) is 26.4 Å². The van der Waals surface area contributed by atoms with Crippen LogP contribution < -0.4 is 5.46 Å². The molecule has 1 aromatic carbocycles. The SMILES string of the molecule is CC(C)c1ccc2c(c1)COB2. The van der Waals surface area contributed by atoms with Crippen LogP contribution in [-0.2, 0) is 11.3 Å². The molecule has 0 aliphatic carbocycles. The van der Waals surface area contributed by atoms with Gasteiger partial charge in [-0.05, 0) is 22.5 Å². The van der Waals surface area contributed by atoms with Crippen molar-refractivity contribution in [1.29, 1.82) is 0 Å². The molecule has 12 heavy (non-hydrogen) atoms. The van der Waals surface area contributed by atoms with Crippen molar-refractivity contribution in [3.8, 4) is 0 Å². The second kappa shape index (κ2) is 2.94. The van der Waals surface area contributed by atoms with E-state index in [0.717, 1.165) is 14.1 Å². The van der Waals surface area contributed by atoms with E-state index < -0.39 is 0 Å². The van der Waals surface area contributed by atoms with Gasteiger partial charge in [0.15, 0.2) is 0 Å². The van der Waals surface area contributed by atoms with Crippen LogP contribution in [0.1, 0.15) is 30.9 Å². The first-order chi connectivity index (χ1) is 5.77. The molecule has 0 atom stereocenters. The second-order valence-electron chi connectivity index (χ2n) is 3.68. The lowest BCUT2D eigenvalue weighted by molar-refractivity contribution is 0.345. The molecule has 2 rings (SSSR count). The number of rotatable bonds is 1. The minimum absolute atomic E-state index is 0.621.